The maximum atomic E-state index is 12.3. The SMILES string of the molecule is O=C(O)C1CC(NC(=O)C2SCCc3sccc32)C1. The number of nitrogens with one attached hydrogen (secondary N) is 1. The summed E-state index contributed by atoms with van der Waals surface area (Å²) in [6.07, 6.45) is 2.18. The van der Waals surface area contributed by atoms with Crippen LogP contribution in [-0.2, 0) is 16.0 Å². The van der Waals surface area contributed by atoms with Crippen molar-refractivity contribution in [1.29, 1.82) is 0 Å². The number of aliphatic carboxylic acids is 1. The summed E-state index contributed by atoms with van der Waals surface area (Å²) in [6, 6.07) is 2.08. The molecule has 1 aromatic heterocycles. The van der Waals surface area contributed by atoms with Crippen LogP contribution in [0.15, 0.2) is 11.4 Å². The lowest BCUT2D eigenvalue weighted by molar-refractivity contribution is -0.146. The second kappa shape index (κ2) is 5.17. The molecule has 2 N–H and O–H groups in total. The Labute approximate surface area is 119 Å². The average molecular weight is 297 g/mol. The fraction of sp³-hybridized carbons (Fsp3) is 0.538. The first-order valence-corrected chi connectivity index (χ1v) is 8.29. The minimum Gasteiger partial charge on any atom is -0.481 e. The van der Waals surface area contributed by atoms with Crippen LogP contribution in [0, 0.1) is 5.92 Å². The van der Waals surface area contributed by atoms with Crippen molar-refractivity contribution in [2.24, 2.45) is 5.92 Å². The molecule has 1 aliphatic heterocycles. The Hall–Kier alpha value is -1.01. The lowest BCUT2D eigenvalue weighted by Gasteiger charge is -2.34. The van der Waals surface area contributed by atoms with Gasteiger partial charge >= 0.3 is 5.97 Å². The van der Waals surface area contributed by atoms with Crippen LogP contribution in [0.5, 0.6) is 0 Å². The Morgan fingerprint density at radius 3 is 2.89 bits per heavy atom. The number of hydrogen-bond donors (Lipinski definition) is 2. The zero-order chi connectivity index (χ0) is 13.4. The van der Waals surface area contributed by atoms with E-state index in [1.807, 2.05) is 11.4 Å². The normalized spacial score (nSPS) is 29.2. The molecule has 1 atom stereocenters. The van der Waals surface area contributed by atoms with Crippen LogP contribution in [0.3, 0.4) is 0 Å². The molecular weight excluding hydrogens is 282 g/mol. The molecule has 0 radical (unpaired) electrons. The van der Waals surface area contributed by atoms with E-state index in [2.05, 4.69) is 5.32 Å². The molecule has 2 heterocycles. The van der Waals surface area contributed by atoms with Crippen molar-refractivity contribution < 1.29 is 14.7 Å². The van der Waals surface area contributed by atoms with Gasteiger partial charge in [0.25, 0.3) is 0 Å². The molecule has 1 unspecified atom stereocenters. The number of fused-ring (bicyclic) bond motifs is 1. The molecule has 0 bridgehead atoms. The van der Waals surface area contributed by atoms with Gasteiger partial charge in [-0.3, -0.25) is 9.59 Å². The van der Waals surface area contributed by atoms with Crippen LogP contribution in [0.4, 0.5) is 0 Å². The molecular formula is C13H15NO3S2. The zero-order valence-electron chi connectivity index (χ0n) is 10.3. The van der Waals surface area contributed by atoms with Crippen LogP contribution in [0.1, 0.15) is 28.5 Å². The van der Waals surface area contributed by atoms with E-state index in [0.717, 1.165) is 17.7 Å². The van der Waals surface area contributed by atoms with Crippen molar-refractivity contribution in [3.8, 4) is 0 Å². The third-order valence-corrected chi connectivity index (χ3v) is 5.99. The van der Waals surface area contributed by atoms with E-state index in [0.29, 0.717) is 12.8 Å². The second-order valence-corrected chi connectivity index (χ2v) is 7.23. The number of amides is 1. The highest BCUT2D eigenvalue weighted by Gasteiger charge is 2.37. The largest absolute Gasteiger partial charge is 0.481 e. The van der Waals surface area contributed by atoms with Gasteiger partial charge in [0.05, 0.1) is 5.92 Å². The summed E-state index contributed by atoms with van der Waals surface area (Å²) in [5.41, 5.74) is 1.15. The number of aryl methyl sites for hydroxylation is 1. The third-order valence-electron chi connectivity index (χ3n) is 3.75. The molecule has 2 aliphatic rings. The smallest absolute Gasteiger partial charge is 0.306 e. The summed E-state index contributed by atoms with van der Waals surface area (Å²) in [7, 11) is 0. The van der Waals surface area contributed by atoms with Crippen LogP contribution in [0.2, 0.25) is 0 Å². The minimum atomic E-state index is -0.752. The Morgan fingerprint density at radius 2 is 2.16 bits per heavy atom. The number of carbonyl (C=O) groups is 2. The number of carboxylic acids is 1. The fourth-order valence-corrected chi connectivity index (χ4v) is 4.88. The highest BCUT2D eigenvalue weighted by atomic mass is 32.2. The Kier molecular flexibility index (Phi) is 3.54. The van der Waals surface area contributed by atoms with Crippen molar-refractivity contribution in [3.63, 3.8) is 0 Å². The number of thioether (sulfide) groups is 1. The highest BCUT2D eigenvalue weighted by molar-refractivity contribution is 8.00. The number of hydrogen-bond acceptors (Lipinski definition) is 4. The average Bonchev–Trinajstić information content (AvgIpc) is 2.80. The molecule has 6 heteroatoms. The molecule has 1 fully saturated rings. The van der Waals surface area contributed by atoms with Crippen LogP contribution >= 0.6 is 23.1 Å². The summed E-state index contributed by atoms with van der Waals surface area (Å²) in [5, 5.41) is 13.7. The quantitative estimate of drug-likeness (QED) is 0.896. The van der Waals surface area contributed by atoms with Crippen LogP contribution in [-0.4, -0.2) is 28.8 Å². The predicted octanol–water partition coefficient (Wildman–Crippen LogP) is 2.06. The van der Waals surface area contributed by atoms with Gasteiger partial charge in [0.15, 0.2) is 0 Å². The zero-order valence-corrected chi connectivity index (χ0v) is 11.9. The van der Waals surface area contributed by atoms with Gasteiger partial charge in [-0.15, -0.1) is 23.1 Å². The van der Waals surface area contributed by atoms with Gasteiger partial charge < -0.3 is 10.4 Å². The van der Waals surface area contributed by atoms with Gasteiger partial charge in [0.1, 0.15) is 5.25 Å². The summed E-state index contributed by atoms with van der Waals surface area (Å²) in [5.74, 6) is -0.00884. The highest BCUT2D eigenvalue weighted by Crippen LogP contribution is 2.40. The third kappa shape index (κ3) is 2.51. The first-order chi connectivity index (χ1) is 9.15. The first kappa shape index (κ1) is 13.0. The van der Waals surface area contributed by atoms with E-state index >= 15 is 0 Å². The summed E-state index contributed by atoms with van der Waals surface area (Å²) >= 11 is 3.40. The Balaban J connectivity index is 1.59. The topological polar surface area (TPSA) is 66.4 Å². The van der Waals surface area contributed by atoms with Gasteiger partial charge in [0.2, 0.25) is 5.91 Å². The van der Waals surface area contributed by atoms with E-state index in [9.17, 15) is 9.59 Å². The van der Waals surface area contributed by atoms with Gasteiger partial charge in [0, 0.05) is 10.9 Å². The van der Waals surface area contributed by atoms with Gasteiger partial charge in [-0.25, -0.2) is 0 Å². The van der Waals surface area contributed by atoms with E-state index in [4.69, 9.17) is 5.11 Å². The maximum absolute atomic E-state index is 12.3. The molecule has 102 valence electrons. The van der Waals surface area contributed by atoms with Crippen molar-refractivity contribution in [2.45, 2.75) is 30.6 Å². The van der Waals surface area contributed by atoms with Gasteiger partial charge in [-0.1, -0.05) is 0 Å². The molecule has 1 saturated carbocycles. The summed E-state index contributed by atoms with van der Waals surface area (Å²) in [4.78, 5) is 24.3. The van der Waals surface area contributed by atoms with Crippen molar-refractivity contribution in [2.75, 3.05) is 5.75 Å². The minimum absolute atomic E-state index is 0.0400. The standard InChI is InChI=1S/C13H15NO3S2/c15-12(14-8-5-7(6-8)13(16)17)11-9-1-3-18-10(9)2-4-19-11/h1,3,7-8,11H,2,4-6H2,(H,14,15)(H,16,17). The molecule has 1 aliphatic carbocycles. The molecule has 0 spiro atoms. The van der Waals surface area contributed by atoms with Crippen LogP contribution in [0.25, 0.3) is 0 Å². The van der Waals surface area contributed by atoms with Crippen molar-refractivity contribution in [3.05, 3.63) is 21.9 Å². The monoisotopic (exact) mass is 297 g/mol. The Bertz CT molecular complexity index is 508. The molecule has 3 rings (SSSR count). The Morgan fingerprint density at radius 1 is 1.37 bits per heavy atom. The maximum Gasteiger partial charge on any atom is 0.306 e. The number of carbonyl (C=O) groups excluding carboxylic acids is 1. The van der Waals surface area contributed by atoms with Gasteiger partial charge in [-0.2, -0.15) is 0 Å². The summed E-state index contributed by atoms with van der Waals surface area (Å²) < 4.78 is 0. The van der Waals surface area contributed by atoms with E-state index in [-0.39, 0.29) is 23.1 Å². The van der Waals surface area contributed by atoms with Crippen LogP contribution < -0.4 is 5.32 Å². The second-order valence-electron chi connectivity index (χ2n) is 5.01. The fourth-order valence-electron chi connectivity index (χ4n) is 2.58. The van der Waals surface area contributed by atoms with Gasteiger partial charge in [-0.05, 0) is 42.0 Å². The molecule has 0 aromatic carbocycles. The van der Waals surface area contributed by atoms with E-state index < -0.39 is 5.97 Å². The first-order valence-electron chi connectivity index (χ1n) is 6.36. The van der Waals surface area contributed by atoms with E-state index in [1.54, 1.807) is 23.1 Å². The predicted molar refractivity (Wildman–Crippen MR) is 75.5 cm³/mol. The van der Waals surface area contributed by atoms with E-state index in [1.165, 1.54) is 4.88 Å². The lowest BCUT2D eigenvalue weighted by Crippen LogP contribution is -2.48. The summed E-state index contributed by atoms with van der Waals surface area (Å²) in [6.45, 7) is 0. The molecule has 19 heavy (non-hydrogen) atoms. The van der Waals surface area contributed by atoms with Crippen molar-refractivity contribution in [1.82, 2.24) is 5.32 Å². The molecule has 0 saturated heterocycles. The number of carboxylic acid groups (broad SMARTS) is 1. The lowest BCUT2D eigenvalue weighted by atomic mass is 9.80. The molecule has 4 nitrogen and oxygen atoms in total. The molecule has 1 aromatic rings. The number of rotatable bonds is 3. The van der Waals surface area contributed by atoms with Crippen molar-refractivity contribution >= 4 is 35.0 Å². The molecule has 1 amide bonds. The number of thiophene rings is 1.